The molecule has 0 bridgehead atoms. The predicted molar refractivity (Wildman–Crippen MR) is 118 cm³/mol. The van der Waals surface area contributed by atoms with E-state index in [-0.39, 0.29) is 24.0 Å². The lowest BCUT2D eigenvalue weighted by atomic mass is 10.1. The minimum atomic E-state index is 0. The van der Waals surface area contributed by atoms with Crippen LogP contribution in [0.3, 0.4) is 0 Å². The number of aromatic nitrogens is 1. The van der Waals surface area contributed by atoms with Gasteiger partial charge in [-0.25, -0.2) is 0 Å². The Balaban J connectivity index is 0.00000338. The van der Waals surface area contributed by atoms with Crippen LogP contribution in [-0.2, 0) is 13.0 Å². The summed E-state index contributed by atoms with van der Waals surface area (Å²) in [5.74, 6) is 2.01. The maximum atomic E-state index is 5.33. The Morgan fingerprint density at radius 3 is 2.54 bits per heavy atom. The number of aliphatic imine (C=N–C) groups is 1. The van der Waals surface area contributed by atoms with Gasteiger partial charge in [0.15, 0.2) is 11.7 Å². The minimum Gasteiger partial charge on any atom is -0.359 e. The number of aryl methyl sites for hydroxylation is 1. The largest absolute Gasteiger partial charge is 0.359 e. The number of halogens is 1. The quantitative estimate of drug-likeness (QED) is 0.245. The Kier molecular flexibility index (Phi) is 11.0. The van der Waals surface area contributed by atoms with E-state index in [0.29, 0.717) is 12.5 Å². The molecule has 0 saturated carbocycles. The summed E-state index contributed by atoms with van der Waals surface area (Å²) in [5, 5.41) is 10.7. The van der Waals surface area contributed by atoms with E-state index in [4.69, 9.17) is 4.52 Å². The number of hydrogen-bond donors (Lipinski definition) is 2. The van der Waals surface area contributed by atoms with Crippen molar-refractivity contribution in [3.05, 3.63) is 53.4 Å². The van der Waals surface area contributed by atoms with Crippen molar-refractivity contribution < 1.29 is 4.52 Å². The van der Waals surface area contributed by atoms with Crippen LogP contribution in [0, 0.1) is 0 Å². The first-order chi connectivity index (χ1) is 12.2. The van der Waals surface area contributed by atoms with Crippen molar-refractivity contribution in [2.75, 3.05) is 13.6 Å². The fraction of sp³-hybridized carbons (Fsp3) is 0.500. The van der Waals surface area contributed by atoms with E-state index in [1.54, 1.807) is 7.05 Å². The molecular weight excluding hydrogens is 439 g/mol. The van der Waals surface area contributed by atoms with Gasteiger partial charge in [-0.2, -0.15) is 0 Å². The molecule has 1 aromatic heterocycles. The van der Waals surface area contributed by atoms with E-state index >= 15 is 0 Å². The summed E-state index contributed by atoms with van der Waals surface area (Å²) in [6, 6.07) is 12.6. The van der Waals surface area contributed by atoms with Gasteiger partial charge in [-0.1, -0.05) is 55.8 Å². The molecule has 144 valence electrons. The van der Waals surface area contributed by atoms with Crippen molar-refractivity contribution in [3.8, 4) is 0 Å². The van der Waals surface area contributed by atoms with Crippen molar-refractivity contribution in [3.63, 3.8) is 0 Å². The smallest absolute Gasteiger partial charge is 0.191 e. The fourth-order valence-electron chi connectivity index (χ4n) is 2.56. The molecule has 0 aliphatic rings. The third-order valence-corrected chi connectivity index (χ3v) is 4.10. The van der Waals surface area contributed by atoms with E-state index in [9.17, 15) is 0 Å². The highest BCUT2D eigenvalue weighted by Gasteiger charge is 2.08. The van der Waals surface area contributed by atoms with Crippen molar-refractivity contribution in [1.29, 1.82) is 0 Å². The summed E-state index contributed by atoms with van der Waals surface area (Å²) >= 11 is 0. The van der Waals surface area contributed by atoms with Crippen LogP contribution < -0.4 is 10.6 Å². The average Bonchev–Trinajstić information content (AvgIpc) is 3.11. The Labute approximate surface area is 174 Å². The molecule has 6 heteroatoms. The van der Waals surface area contributed by atoms with Gasteiger partial charge in [0.05, 0.1) is 12.2 Å². The molecule has 0 unspecified atom stereocenters. The van der Waals surface area contributed by atoms with Gasteiger partial charge in [-0.15, -0.1) is 24.0 Å². The van der Waals surface area contributed by atoms with Crippen LogP contribution in [0.2, 0.25) is 0 Å². The third kappa shape index (κ3) is 8.21. The number of guanidine groups is 1. The second-order valence-corrected chi connectivity index (χ2v) is 6.52. The highest BCUT2D eigenvalue weighted by atomic mass is 127. The van der Waals surface area contributed by atoms with Crippen LogP contribution in [0.1, 0.15) is 56.0 Å². The zero-order valence-corrected chi connectivity index (χ0v) is 18.3. The molecule has 0 atom stereocenters. The summed E-state index contributed by atoms with van der Waals surface area (Å²) in [5.41, 5.74) is 2.40. The summed E-state index contributed by atoms with van der Waals surface area (Å²) in [7, 11) is 1.78. The zero-order valence-electron chi connectivity index (χ0n) is 16.0. The van der Waals surface area contributed by atoms with Crippen molar-refractivity contribution in [2.45, 2.75) is 52.0 Å². The Morgan fingerprint density at radius 2 is 1.88 bits per heavy atom. The number of hydrogen-bond acceptors (Lipinski definition) is 3. The highest BCUT2D eigenvalue weighted by molar-refractivity contribution is 14.0. The molecule has 0 spiro atoms. The summed E-state index contributed by atoms with van der Waals surface area (Å²) < 4.78 is 5.33. The molecule has 0 saturated heterocycles. The van der Waals surface area contributed by atoms with Crippen LogP contribution in [0.4, 0.5) is 0 Å². The molecule has 0 aliphatic carbocycles. The molecular formula is C20H31IN4O. The lowest BCUT2D eigenvalue weighted by Crippen LogP contribution is -2.37. The molecule has 2 rings (SSSR count). The van der Waals surface area contributed by atoms with Gasteiger partial charge in [0, 0.05) is 19.7 Å². The summed E-state index contributed by atoms with van der Waals surface area (Å²) in [6.45, 7) is 5.72. The first kappa shape index (κ1) is 22.5. The van der Waals surface area contributed by atoms with Crippen LogP contribution >= 0.6 is 24.0 Å². The molecule has 1 heterocycles. The lowest BCUT2D eigenvalue weighted by molar-refractivity contribution is 0.372. The Morgan fingerprint density at radius 1 is 1.12 bits per heavy atom. The van der Waals surface area contributed by atoms with E-state index in [0.717, 1.165) is 36.8 Å². The average molecular weight is 470 g/mol. The molecule has 5 nitrogen and oxygen atoms in total. The number of nitrogens with one attached hydrogen (secondary N) is 2. The Hall–Kier alpha value is -1.57. The summed E-state index contributed by atoms with van der Waals surface area (Å²) in [4.78, 5) is 4.24. The van der Waals surface area contributed by atoms with Crippen LogP contribution in [0.25, 0.3) is 0 Å². The van der Waals surface area contributed by atoms with Crippen molar-refractivity contribution >= 4 is 29.9 Å². The molecule has 0 amide bonds. The monoisotopic (exact) mass is 470 g/mol. The van der Waals surface area contributed by atoms with Gasteiger partial charge in [-0.05, 0) is 30.7 Å². The number of benzene rings is 1. The second-order valence-electron chi connectivity index (χ2n) is 6.52. The first-order valence-electron chi connectivity index (χ1n) is 9.13. The standard InChI is InChI=1S/C20H30N4O.HI/c1-16(2)19-14-18(25-24-19)15-23-20(21-3)22-13-9-5-8-12-17-10-6-4-7-11-17;/h4,6-7,10-11,14,16H,5,8-9,12-13,15H2,1-3H3,(H2,21,22,23);1H. The third-order valence-electron chi connectivity index (χ3n) is 4.10. The van der Waals surface area contributed by atoms with Gasteiger partial charge in [0.2, 0.25) is 0 Å². The number of rotatable bonds is 9. The molecule has 2 N–H and O–H groups in total. The highest BCUT2D eigenvalue weighted by Crippen LogP contribution is 2.13. The van der Waals surface area contributed by atoms with Gasteiger partial charge in [0.1, 0.15) is 0 Å². The molecule has 0 radical (unpaired) electrons. The topological polar surface area (TPSA) is 62.5 Å². The van der Waals surface area contributed by atoms with E-state index in [1.165, 1.54) is 18.4 Å². The van der Waals surface area contributed by atoms with E-state index in [1.807, 2.05) is 6.07 Å². The predicted octanol–water partition coefficient (Wildman–Crippen LogP) is 4.49. The first-order valence-corrected chi connectivity index (χ1v) is 9.13. The van der Waals surface area contributed by atoms with Crippen LogP contribution in [0.5, 0.6) is 0 Å². The SMILES string of the molecule is CN=C(NCCCCCc1ccccc1)NCc1cc(C(C)C)no1.I. The van der Waals surface area contributed by atoms with Gasteiger partial charge < -0.3 is 15.2 Å². The zero-order chi connectivity index (χ0) is 17.9. The maximum absolute atomic E-state index is 5.33. The molecule has 2 aromatic rings. The van der Waals surface area contributed by atoms with E-state index < -0.39 is 0 Å². The van der Waals surface area contributed by atoms with Crippen molar-refractivity contribution in [2.24, 2.45) is 4.99 Å². The van der Waals surface area contributed by atoms with Gasteiger partial charge >= 0.3 is 0 Å². The Bertz CT molecular complexity index is 640. The lowest BCUT2D eigenvalue weighted by Gasteiger charge is -2.10. The number of unbranched alkanes of at least 4 members (excludes halogenated alkanes) is 2. The number of nitrogens with zero attached hydrogens (tertiary/aromatic N) is 2. The molecule has 26 heavy (non-hydrogen) atoms. The summed E-state index contributed by atoms with van der Waals surface area (Å²) in [6.07, 6.45) is 4.71. The van der Waals surface area contributed by atoms with Crippen molar-refractivity contribution in [1.82, 2.24) is 15.8 Å². The van der Waals surface area contributed by atoms with E-state index in [2.05, 4.69) is 65.0 Å². The van der Waals surface area contributed by atoms with Gasteiger partial charge in [-0.3, -0.25) is 4.99 Å². The molecule has 0 aliphatic heterocycles. The minimum absolute atomic E-state index is 0. The normalized spacial score (nSPS) is 11.3. The second kappa shape index (κ2) is 12.7. The molecule has 1 aromatic carbocycles. The van der Waals surface area contributed by atoms with Gasteiger partial charge in [0.25, 0.3) is 0 Å². The van der Waals surface area contributed by atoms with Crippen LogP contribution in [0.15, 0.2) is 45.9 Å². The fourth-order valence-corrected chi connectivity index (χ4v) is 2.56. The van der Waals surface area contributed by atoms with Crippen LogP contribution in [-0.4, -0.2) is 24.7 Å². The molecule has 0 fully saturated rings. The maximum Gasteiger partial charge on any atom is 0.191 e.